The number of aromatic nitrogens is 1. The summed E-state index contributed by atoms with van der Waals surface area (Å²) >= 11 is 7.05. The second kappa shape index (κ2) is 6.08. The van der Waals surface area contributed by atoms with E-state index in [9.17, 15) is 4.79 Å². The fourth-order valence-electron chi connectivity index (χ4n) is 1.27. The number of alkyl halides is 1. The number of thiazole rings is 1. The molecular weight excluding hydrogens is 232 g/mol. The van der Waals surface area contributed by atoms with Gasteiger partial charge in [0, 0.05) is 19.0 Å². The van der Waals surface area contributed by atoms with Crippen LogP contribution < -0.4 is 0 Å². The average molecular weight is 247 g/mol. The van der Waals surface area contributed by atoms with E-state index in [1.807, 2.05) is 13.8 Å². The van der Waals surface area contributed by atoms with E-state index in [2.05, 4.69) is 4.98 Å². The van der Waals surface area contributed by atoms with E-state index in [1.165, 1.54) is 11.3 Å². The molecule has 1 rings (SSSR count). The molecule has 0 aliphatic rings. The lowest BCUT2D eigenvalue weighted by molar-refractivity contribution is 0.0769. The van der Waals surface area contributed by atoms with Crippen LogP contribution in [-0.4, -0.2) is 34.8 Å². The third kappa shape index (κ3) is 3.47. The molecule has 0 aliphatic carbocycles. The molecule has 1 amide bonds. The summed E-state index contributed by atoms with van der Waals surface area (Å²) in [6.07, 6.45) is 2.48. The van der Waals surface area contributed by atoms with Gasteiger partial charge in [0.25, 0.3) is 5.91 Å². The number of nitrogens with zero attached hydrogens (tertiary/aromatic N) is 2. The molecule has 84 valence electrons. The van der Waals surface area contributed by atoms with Gasteiger partial charge in [0.1, 0.15) is 4.88 Å². The third-order valence-electron chi connectivity index (χ3n) is 2.06. The summed E-state index contributed by atoms with van der Waals surface area (Å²) in [5, 5.41) is 0.923. The van der Waals surface area contributed by atoms with E-state index < -0.39 is 0 Å². The standard InChI is InChI=1S/C10H15ClN2OS/c1-3-13(6-4-5-11)10(14)9-7-12-8(2)15-9/h7H,3-6H2,1-2H3. The second-order valence-electron chi connectivity index (χ2n) is 3.17. The van der Waals surface area contributed by atoms with Gasteiger partial charge < -0.3 is 4.90 Å². The molecule has 0 fully saturated rings. The van der Waals surface area contributed by atoms with Gasteiger partial charge >= 0.3 is 0 Å². The van der Waals surface area contributed by atoms with Crippen LogP contribution in [0.15, 0.2) is 6.20 Å². The van der Waals surface area contributed by atoms with Gasteiger partial charge in [-0.25, -0.2) is 4.98 Å². The third-order valence-corrected chi connectivity index (χ3v) is 3.23. The molecule has 1 aromatic heterocycles. The molecule has 0 bridgehead atoms. The minimum atomic E-state index is 0.0632. The minimum absolute atomic E-state index is 0.0632. The summed E-state index contributed by atoms with van der Waals surface area (Å²) < 4.78 is 0. The van der Waals surface area contributed by atoms with Crippen LogP contribution >= 0.6 is 22.9 Å². The van der Waals surface area contributed by atoms with Crippen molar-refractivity contribution in [2.75, 3.05) is 19.0 Å². The van der Waals surface area contributed by atoms with Gasteiger partial charge in [0.2, 0.25) is 0 Å². The Morgan fingerprint density at radius 1 is 1.67 bits per heavy atom. The fraction of sp³-hybridized carbons (Fsp3) is 0.600. The average Bonchev–Trinajstić information content (AvgIpc) is 2.65. The zero-order chi connectivity index (χ0) is 11.3. The number of hydrogen-bond acceptors (Lipinski definition) is 3. The maximum Gasteiger partial charge on any atom is 0.265 e. The summed E-state index contributed by atoms with van der Waals surface area (Å²) in [7, 11) is 0. The molecule has 0 N–H and O–H groups in total. The van der Waals surface area contributed by atoms with Crippen molar-refractivity contribution in [2.24, 2.45) is 0 Å². The lowest BCUT2D eigenvalue weighted by Gasteiger charge is -2.19. The zero-order valence-electron chi connectivity index (χ0n) is 8.99. The van der Waals surface area contributed by atoms with Crippen LogP contribution in [-0.2, 0) is 0 Å². The quantitative estimate of drug-likeness (QED) is 0.748. The first-order valence-corrected chi connectivity index (χ1v) is 6.31. The largest absolute Gasteiger partial charge is 0.338 e. The van der Waals surface area contributed by atoms with Crippen molar-refractivity contribution in [3.05, 3.63) is 16.1 Å². The Morgan fingerprint density at radius 3 is 2.87 bits per heavy atom. The molecule has 1 heterocycles. The van der Waals surface area contributed by atoms with Gasteiger partial charge in [-0.2, -0.15) is 0 Å². The molecule has 0 spiro atoms. The highest BCUT2D eigenvalue weighted by Gasteiger charge is 2.15. The van der Waals surface area contributed by atoms with Gasteiger partial charge in [-0.05, 0) is 20.3 Å². The highest BCUT2D eigenvalue weighted by Crippen LogP contribution is 2.14. The van der Waals surface area contributed by atoms with Crippen LogP contribution in [0.5, 0.6) is 0 Å². The summed E-state index contributed by atoms with van der Waals surface area (Å²) in [6, 6.07) is 0. The smallest absolute Gasteiger partial charge is 0.265 e. The topological polar surface area (TPSA) is 33.2 Å². The van der Waals surface area contributed by atoms with E-state index in [-0.39, 0.29) is 5.91 Å². The van der Waals surface area contributed by atoms with Gasteiger partial charge in [0.15, 0.2) is 0 Å². The van der Waals surface area contributed by atoms with Crippen LogP contribution in [0.2, 0.25) is 0 Å². The second-order valence-corrected chi connectivity index (χ2v) is 4.78. The minimum Gasteiger partial charge on any atom is -0.338 e. The summed E-state index contributed by atoms with van der Waals surface area (Å²) in [5.41, 5.74) is 0. The van der Waals surface area contributed by atoms with E-state index in [4.69, 9.17) is 11.6 Å². The Hall–Kier alpha value is -0.610. The first-order chi connectivity index (χ1) is 7.19. The lowest BCUT2D eigenvalue weighted by Crippen LogP contribution is -2.31. The molecule has 0 saturated carbocycles. The normalized spacial score (nSPS) is 10.3. The fourth-order valence-corrected chi connectivity index (χ4v) is 2.13. The summed E-state index contributed by atoms with van der Waals surface area (Å²) in [6.45, 7) is 5.30. The molecule has 3 nitrogen and oxygen atoms in total. The Morgan fingerprint density at radius 2 is 2.40 bits per heavy atom. The molecule has 5 heteroatoms. The molecule has 15 heavy (non-hydrogen) atoms. The number of carbonyl (C=O) groups is 1. The molecular formula is C10H15ClN2OS. The van der Waals surface area contributed by atoms with Crippen molar-refractivity contribution in [1.29, 1.82) is 0 Å². The van der Waals surface area contributed by atoms with Crippen LogP contribution in [0.3, 0.4) is 0 Å². The van der Waals surface area contributed by atoms with Crippen molar-refractivity contribution >= 4 is 28.8 Å². The molecule has 1 aromatic rings. The summed E-state index contributed by atoms with van der Waals surface area (Å²) in [4.78, 5) is 18.5. The maximum absolute atomic E-state index is 11.9. The van der Waals surface area contributed by atoms with Crippen molar-refractivity contribution < 1.29 is 4.79 Å². The van der Waals surface area contributed by atoms with Crippen LogP contribution in [0, 0.1) is 6.92 Å². The van der Waals surface area contributed by atoms with Gasteiger partial charge in [0.05, 0.1) is 11.2 Å². The molecule has 0 aromatic carbocycles. The van der Waals surface area contributed by atoms with Crippen molar-refractivity contribution in [3.63, 3.8) is 0 Å². The predicted molar refractivity (Wildman–Crippen MR) is 63.8 cm³/mol. The van der Waals surface area contributed by atoms with Crippen LogP contribution in [0.25, 0.3) is 0 Å². The lowest BCUT2D eigenvalue weighted by atomic mass is 10.3. The zero-order valence-corrected chi connectivity index (χ0v) is 10.6. The van der Waals surface area contributed by atoms with Crippen molar-refractivity contribution in [1.82, 2.24) is 9.88 Å². The van der Waals surface area contributed by atoms with Crippen molar-refractivity contribution in [3.8, 4) is 0 Å². The SMILES string of the molecule is CCN(CCCCl)C(=O)c1cnc(C)s1. The Balaban J connectivity index is 2.64. The van der Waals surface area contributed by atoms with Crippen LogP contribution in [0.4, 0.5) is 0 Å². The van der Waals surface area contributed by atoms with Crippen molar-refractivity contribution in [2.45, 2.75) is 20.3 Å². The molecule has 0 radical (unpaired) electrons. The summed E-state index contributed by atoms with van der Waals surface area (Å²) in [5.74, 6) is 0.652. The van der Waals surface area contributed by atoms with E-state index in [1.54, 1.807) is 11.1 Å². The number of hydrogen-bond donors (Lipinski definition) is 0. The number of carbonyl (C=O) groups excluding carboxylic acids is 1. The first-order valence-electron chi connectivity index (χ1n) is 4.96. The van der Waals surface area contributed by atoms with E-state index in [0.29, 0.717) is 17.3 Å². The van der Waals surface area contributed by atoms with E-state index in [0.717, 1.165) is 18.0 Å². The molecule has 0 unspecified atom stereocenters. The number of amides is 1. The monoisotopic (exact) mass is 246 g/mol. The van der Waals surface area contributed by atoms with E-state index >= 15 is 0 Å². The molecule has 0 aliphatic heterocycles. The Labute approximate surface area is 99.1 Å². The highest BCUT2D eigenvalue weighted by atomic mass is 35.5. The number of halogens is 1. The molecule has 0 atom stereocenters. The van der Waals surface area contributed by atoms with Gasteiger partial charge in [-0.1, -0.05) is 0 Å². The number of aryl methyl sites for hydroxylation is 1. The Bertz CT molecular complexity index is 327. The first kappa shape index (κ1) is 12.5. The maximum atomic E-state index is 11.9. The van der Waals surface area contributed by atoms with Crippen LogP contribution in [0.1, 0.15) is 28.0 Å². The number of rotatable bonds is 5. The van der Waals surface area contributed by atoms with Gasteiger partial charge in [-0.15, -0.1) is 22.9 Å². The predicted octanol–water partition coefficient (Wildman–Crippen LogP) is 2.54. The van der Waals surface area contributed by atoms with Gasteiger partial charge in [-0.3, -0.25) is 4.79 Å². The highest BCUT2D eigenvalue weighted by molar-refractivity contribution is 7.13. The molecule has 0 saturated heterocycles. The Kier molecular flexibility index (Phi) is 5.05.